The summed E-state index contributed by atoms with van der Waals surface area (Å²) >= 11 is 0. The van der Waals surface area contributed by atoms with E-state index in [0.717, 1.165) is 19.3 Å². The fourth-order valence-electron chi connectivity index (χ4n) is 6.43. The first-order chi connectivity index (χ1) is 20.6. The van der Waals surface area contributed by atoms with Crippen molar-refractivity contribution in [2.45, 2.75) is 81.6 Å². The van der Waals surface area contributed by atoms with E-state index in [1.54, 1.807) is 48.5 Å². The van der Waals surface area contributed by atoms with Crippen LogP contribution in [-0.4, -0.2) is 56.6 Å². The molecule has 1 saturated carbocycles. The highest BCUT2D eigenvalue weighted by Crippen LogP contribution is 2.47. The van der Waals surface area contributed by atoms with Gasteiger partial charge in [0.05, 0.1) is 31.3 Å². The minimum absolute atomic E-state index is 0.0196. The van der Waals surface area contributed by atoms with Crippen LogP contribution in [0.3, 0.4) is 0 Å². The number of hydrogen-bond acceptors (Lipinski definition) is 9. The number of methoxy groups -OCH3 is 1. The van der Waals surface area contributed by atoms with Gasteiger partial charge < -0.3 is 25.1 Å². The average molecular weight is 612 g/mol. The molecule has 2 fully saturated rings. The maximum Gasteiger partial charge on any atom is 0.409 e. The van der Waals surface area contributed by atoms with Gasteiger partial charge >= 0.3 is 6.09 Å². The summed E-state index contributed by atoms with van der Waals surface area (Å²) in [5, 5.41) is 25.1. The first-order valence-corrected chi connectivity index (χ1v) is 15.8. The maximum atomic E-state index is 13.4. The van der Waals surface area contributed by atoms with Crippen LogP contribution in [0.2, 0.25) is 0 Å². The Kier molecular flexibility index (Phi) is 10.8. The summed E-state index contributed by atoms with van der Waals surface area (Å²) in [5.41, 5.74) is 2.91. The molecule has 1 aliphatic carbocycles. The molecule has 4 N–H and O–H groups in total. The van der Waals surface area contributed by atoms with Crippen molar-refractivity contribution in [2.24, 2.45) is 11.1 Å². The predicted molar refractivity (Wildman–Crippen MR) is 162 cm³/mol. The Hall–Kier alpha value is -3.43. The number of nitriles is 1. The van der Waals surface area contributed by atoms with Gasteiger partial charge in [-0.15, -0.1) is 0 Å². The summed E-state index contributed by atoms with van der Waals surface area (Å²) in [6.45, 7) is 0.680. The van der Waals surface area contributed by atoms with Crippen molar-refractivity contribution in [3.05, 3.63) is 65.7 Å². The lowest BCUT2D eigenvalue weighted by atomic mass is 9.65. The zero-order valence-electron chi connectivity index (χ0n) is 24.6. The Labute approximate surface area is 254 Å². The Balaban J connectivity index is 1.88. The van der Waals surface area contributed by atoms with E-state index >= 15 is 0 Å². The second-order valence-electron chi connectivity index (χ2n) is 11.6. The second-order valence-corrected chi connectivity index (χ2v) is 12.6. The van der Waals surface area contributed by atoms with Crippen LogP contribution in [0.4, 0.5) is 4.79 Å². The first-order valence-electron chi connectivity index (χ1n) is 14.7. The summed E-state index contributed by atoms with van der Waals surface area (Å²) < 4.78 is 42.8. The van der Waals surface area contributed by atoms with Crippen molar-refractivity contribution in [3.63, 3.8) is 0 Å². The van der Waals surface area contributed by atoms with Gasteiger partial charge in [-0.25, -0.2) is 4.79 Å². The van der Waals surface area contributed by atoms with Gasteiger partial charge in [0.25, 0.3) is 0 Å². The highest BCUT2D eigenvalue weighted by atomic mass is 32.2. The van der Waals surface area contributed by atoms with E-state index in [-0.39, 0.29) is 36.3 Å². The molecule has 11 heteroatoms. The monoisotopic (exact) mass is 611 g/mol. The fourth-order valence-corrected chi connectivity index (χ4v) is 7.40. The van der Waals surface area contributed by atoms with Gasteiger partial charge in [-0.05, 0) is 54.4 Å². The number of rotatable bonds is 12. The second kappa shape index (κ2) is 14.4. The lowest BCUT2D eigenvalue weighted by molar-refractivity contribution is -0.00481. The Morgan fingerprint density at radius 1 is 1.16 bits per heavy atom. The highest BCUT2D eigenvalue weighted by molar-refractivity contribution is 7.73. The van der Waals surface area contributed by atoms with E-state index in [9.17, 15) is 23.6 Å². The number of carbonyl (C=O) groups is 1. The number of hydrogen-bond donors (Lipinski definition) is 3. The molecule has 43 heavy (non-hydrogen) atoms. The van der Waals surface area contributed by atoms with Crippen LogP contribution in [-0.2, 0) is 31.8 Å². The van der Waals surface area contributed by atoms with E-state index in [1.165, 1.54) is 7.11 Å². The Bertz CT molecular complexity index is 1410. The minimum atomic E-state index is -2.93. The third kappa shape index (κ3) is 7.57. The molecule has 0 aromatic heterocycles. The molecule has 0 bridgehead atoms. The normalized spacial score (nSPS) is 20.6. The van der Waals surface area contributed by atoms with E-state index in [4.69, 9.17) is 19.9 Å². The summed E-state index contributed by atoms with van der Waals surface area (Å²) in [6, 6.07) is 17.5. The molecule has 4 rings (SSSR count). The number of nitrogens with two attached hydrogens (primary N) is 1. The maximum absolute atomic E-state index is 13.4. The van der Waals surface area contributed by atoms with Gasteiger partial charge in [-0.2, -0.15) is 13.7 Å². The molecule has 0 radical (unpaired) electrons. The molecule has 1 amide bonds. The quantitative estimate of drug-likeness (QED) is 0.238. The van der Waals surface area contributed by atoms with E-state index in [0.29, 0.717) is 43.6 Å². The van der Waals surface area contributed by atoms with Crippen molar-refractivity contribution in [1.29, 1.82) is 5.26 Å². The molecule has 3 unspecified atom stereocenters. The van der Waals surface area contributed by atoms with Crippen LogP contribution in [0.5, 0.6) is 5.75 Å². The summed E-state index contributed by atoms with van der Waals surface area (Å²) in [4.78, 5) is 13.1. The van der Waals surface area contributed by atoms with Gasteiger partial charge in [-0.1, -0.05) is 61.7 Å². The van der Waals surface area contributed by atoms with E-state index in [2.05, 4.69) is 11.4 Å². The molecule has 10 nitrogen and oxygen atoms in total. The van der Waals surface area contributed by atoms with Gasteiger partial charge in [0.2, 0.25) is 10.3 Å². The molecule has 232 valence electrons. The first kappa shape index (κ1) is 32.5. The molecule has 0 spiro atoms. The van der Waals surface area contributed by atoms with Crippen LogP contribution in [0, 0.1) is 16.7 Å². The van der Waals surface area contributed by atoms with Gasteiger partial charge in [0.15, 0.2) is 5.60 Å². The lowest BCUT2D eigenvalue weighted by Gasteiger charge is -2.47. The Morgan fingerprint density at radius 2 is 1.86 bits per heavy atom. The SMILES string of the molecule is COc1ccc(C(O)(C(CC2(CCC#N)CCCCC2)=S(=O)=O)C(N)(Cc2ccccc2)NC(=O)OC2CCOC2)cc1. The molecule has 1 heterocycles. The number of aliphatic hydroxyl groups is 1. The molecule has 2 aromatic rings. The zero-order chi connectivity index (χ0) is 30.9. The number of amides is 1. The van der Waals surface area contributed by atoms with Crippen molar-refractivity contribution in [2.75, 3.05) is 20.3 Å². The van der Waals surface area contributed by atoms with Crippen molar-refractivity contribution < 1.29 is 32.5 Å². The number of nitrogens with zero attached hydrogens (tertiary/aromatic N) is 1. The highest BCUT2D eigenvalue weighted by Gasteiger charge is 2.56. The number of benzene rings is 2. The number of nitrogens with one attached hydrogen (secondary N) is 1. The summed E-state index contributed by atoms with van der Waals surface area (Å²) in [5.74, 6) is 0.493. The van der Waals surface area contributed by atoms with E-state index in [1.807, 2.05) is 6.07 Å². The molecular weight excluding hydrogens is 570 g/mol. The molecular formula is C32H41N3O7S. The van der Waals surface area contributed by atoms with Crippen molar-refractivity contribution >= 4 is 21.3 Å². The smallest absolute Gasteiger partial charge is 0.409 e. The number of ether oxygens (including phenoxy) is 3. The van der Waals surface area contributed by atoms with Crippen LogP contribution in [0.15, 0.2) is 54.6 Å². The van der Waals surface area contributed by atoms with Gasteiger partial charge in [-0.3, -0.25) is 5.32 Å². The topological polar surface area (TPSA) is 161 Å². The number of carbonyl (C=O) groups excluding carboxylic acids is 1. The standard InChI is InChI=1S/C32H41N3O7S/c1-40-26-13-11-25(12-14-26)32(37,28(43(38)39)22-30(18-8-19-33)16-6-3-7-17-30)31(34,21-24-9-4-2-5-10-24)35-29(36)42-27-15-20-41-23-27/h2,4-5,9-14,27,37H,3,6-8,15-18,20-23,34H2,1H3,(H,35,36). The average Bonchev–Trinajstić information content (AvgIpc) is 3.52. The third-order valence-corrected chi connectivity index (χ3v) is 9.63. The Morgan fingerprint density at radius 3 is 2.44 bits per heavy atom. The zero-order valence-corrected chi connectivity index (χ0v) is 25.4. The number of alkyl carbamates (subject to hydrolysis) is 1. The third-order valence-electron chi connectivity index (χ3n) is 8.79. The van der Waals surface area contributed by atoms with Gasteiger partial charge in [0, 0.05) is 19.3 Å². The lowest BCUT2D eigenvalue weighted by Crippen LogP contribution is -2.73. The minimum Gasteiger partial charge on any atom is -0.497 e. The van der Waals surface area contributed by atoms with Crippen molar-refractivity contribution in [1.82, 2.24) is 5.32 Å². The molecule has 3 atom stereocenters. The van der Waals surface area contributed by atoms with Crippen LogP contribution < -0.4 is 15.8 Å². The summed E-state index contributed by atoms with van der Waals surface area (Å²) in [6.07, 6.45) is 3.92. The van der Waals surface area contributed by atoms with Crippen molar-refractivity contribution in [3.8, 4) is 11.8 Å². The van der Waals surface area contributed by atoms with Crippen LogP contribution >= 0.6 is 0 Å². The summed E-state index contributed by atoms with van der Waals surface area (Å²) in [7, 11) is -1.43. The molecule has 2 aromatic carbocycles. The van der Waals surface area contributed by atoms with E-state index < -0.39 is 39.2 Å². The molecule has 1 saturated heterocycles. The predicted octanol–water partition coefficient (Wildman–Crippen LogP) is 3.99. The fraction of sp³-hybridized carbons (Fsp3) is 0.531. The van der Waals surface area contributed by atoms with Crippen LogP contribution in [0.25, 0.3) is 0 Å². The molecule has 2 aliphatic rings. The van der Waals surface area contributed by atoms with Crippen LogP contribution in [0.1, 0.15) is 68.9 Å². The largest absolute Gasteiger partial charge is 0.497 e. The molecule has 1 aliphatic heterocycles. The van der Waals surface area contributed by atoms with Gasteiger partial charge in [0.1, 0.15) is 17.5 Å².